The molecule has 3 aromatic carbocycles. The second kappa shape index (κ2) is 10.8. The van der Waals surface area contributed by atoms with E-state index in [1.807, 2.05) is 37.3 Å². The van der Waals surface area contributed by atoms with Crippen molar-refractivity contribution in [3.8, 4) is 5.75 Å². The first-order valence-electron chi connectivity index (χ1n) is 9.84. The number of benzene rings is 3. The molecule has 3 aromatic rings. The Morgan fingerprint density at radius 1 is 1.00 bits per heavy atom. The zero-order valence-electron chi connectivity index (χ0n) is 17.2. The standard InChI is InChI=1S/C23H22Cl2N2O4S/c1-2-31-21-11-7-6-10-19(21)26-23(28)20(14-16-8-4-3-5-9-16)27-32(29,30)22-15-17(24)12-13-18(22)25/h3-13,15,20,27H,2,14H2,1H3,(H,26,28)/t20-/m1/s1. The van der Waals surface area contributed by atoms with Crippen LogP contribution in [0.5, 0.6) is 5.75 Å². The molecule has 0 unspecified atom stereocenters. The third-order valence-corrected chi connectivity index (χ3v) is 6.71. The fourth-order valence-corrected chi connectivity index (χ4v) is 5.00. The van der Waals surface area contributed by atoms with Gasteiger partial charge in [-0.1, -0.05) is 65.7 Å². The number of amides is 1. The topological polar surface area (TPSA) is 84.5 Å². The van der Waals surface area contributed by atoms with Crippen molar-refractivity contribution in [3.63, 3.8) is 0 Å². The number of hydrogen-bond acceptors (Lipinski definition) is 4. The molecule has 1 atom stereocenters. The van der Waals surface area contributed by atoms with Crippen LogP contribution in [-0.2, 0) is 21.2 Å². The SMILES string of the molecule is CCOc1ccccc1NC(=O)[C@@H](Cc1ccccc1)NS(=O)(=O)c1cc(Cl)ccc1Cl. The second-order valence-corrected chi connectivity index (χ2v) is 9.38. The molecule has 6 nitrogen and oxygen atoms in total. The molecule has 1 amide bonds. The Balaban J connectivity index is 1.91. The highest BCUT2D eigenvalue weighted by atomic mass is 35.5. The lowest BCUT2D eigenvalue weighted by Crippen LogP contribution is -2.45. The maximum absolute atomic E-state index is 13.2. The summed E-state index contributed by atoms with van der Waals surface area (Å²) >= 11 is 12.1. The van der Waals surface area contributed by atoms with Gasteiger partial charge in [0.1, 0.15) is 16.7 Å². The van der Waals surface area contributed by atoms with E-state index in [2.05, 4.69) is 10.0 Å². The average Bonchev–Trinajstić information content (AvgIpc) is 2.77. The Bertz CT molecular complexity index is 1190. The lowest BCUT2D eigenvalue weighted by Gasteiger charge is -2.20. The van der Waals surface area contributed by atoms with E-state index >= 15 is 0 Å². The van der Waals surface area contributed by atoms with Gasteiger partial charge in [-0.3, -0.25) is 4.79 Å². The molecule has 0 aromatic heterocycles. The fraction of sp³-hybridized carbons (Fsp3) is 0.174. The normalized spacial score (nSPS) is 12.2. The van der Waals surface area contributed by atoms with Gasteiger partial charge in [-0.2, -0.15) is 4.72 Å². The number of nitrogens with one attached hydrogen (secondary N) is 2. The molecule has 0 fully saturated rings. The molecule has 168 valence electrons. The Hall–Kier alpha value is -2.58. The smallest absolute Gasteiger partial charge is 0.243 e. The number of hydrogen-bond donors (Lipinski definition) is 2. The summed E-state index contributed by atoms with van der Waals surface area (Å²) in [6.07, 6.45) is 0.126. The lowest BCUT2D eigenvalue weighted by molar-refractivity contribution is -0.117. The molecule has 0 radical (unpaired) electrons. The van der Waals surface area contributed by atoms with Gasteiger partial charge in [0.25, 0.3) is 0 Å². The van der Waals surface area contributed by atoms with Crippen LogP contribution in [0.3, 0.4) is 0 Å². The van der Waals surface area contributed by atoms with Crippen LogP contribution in [0.4, 0.5) is 5.69 Å². The van der Waals surface area contributed by atoms with Crippen LogP contribution in [-0.4, -0.2) is 27.0 Å². The number of carbonyl (C=O) groups is 1. The number of anilines is 1. The summed E-state index contributed by atoms with van der Waals surface area (Å²) in [5.74, 6) is -0.0507. The van der Waals surface area contributed by atoms with Gasteiger partial charge in [0.15, 0.2) is 0 Å². The number of ether oxygens (including phenoxy) is 1. The number of halogens is 2. The minimum atomic E-state index is -4.15. The van der Waals surface area contributed by atoms with E-state index in [9.17, 15) is 13.2 Å². The molecule has 0 saturated heterocycles. The summed E-state index contributed by atoms with van der Waals surface area (Å²) in [5, 5.41) is 2.98. The molecule has 32 heavy (non-hydrogen) atoms. The zero-order valence-corrected chi connectivity index (χ0v) is 19.5. The van der Waals surface area contributed by atoms with Crippen LogP contribution in [0.2, 0.25) is 10.0 Å². The van der Waals surface area contributed by atoms with Gasteiger partial charge in [-0.25, -0.2) is 8.42 Å². The summed E-state index contributed by atoms with van der Waals surface area (Å²) in [6, 6.07) is 19.1. The van der Waals surface area contributed by atoms with E-state index in [1.54, 1.807) is 24.3 Å². The van der Waals surface area contributed by atoms with Gasteiger partial charge in [0.2, 0.25) is 15.9 Å². The van der Waals surface area contributed by atoms with E-state index in [0.29, 0.717) is 18.0 Å². The number of sulfonamides is 1. The summed E-state index contributed by atoms with van der Waals surface area (Å²) < 4.78 is 34.2. The van der Waals surface area contributed by atoms with Gasteiger partial charge in [-0.15, -0.1) is 0 Å². The van der Waals surface area contributed by atoms with Crippen molar-refractivity contribution in [2.45, 2.75) is 24.3 Å². The zero-order chi connectivity index (χ0) is 23.1. The molecular weight excluding hydrogens is 471 g/mol. The molecule has 0 aliphatic carbocycles. The van der Waals surface area contributed by atoms with Crippen LogP contribution >= 0.6 is 23.2 Å². The van der Waals surface area contributed by atoms with Crippen molar-refractivity contribution in [1.82, 2.24) is 4.72 Å². The summed E-state index contributed by atoms with van der Waals surface area (Å²) in [5.41, 5.74) is 1.23. The predicted octanol–water partition coefficient (Wildman–Crippen LogP) is 4.92. The minimum Gasteiger partial charge on any atom is -0.492 e. The summed E-state index contributed by atoms with van der Waals surface area (Å²) in [7, 11) is -4.15. The Morgan fingerprint density at radius 3 is 2.41 bits per heavy atom. The van der Waals surface area contributed by atoms with Crippen LogP contribution in [0.1, 0.15) is 12.5 Å². The fourth-order valence-electron chi connectivity index (χ4n) is 3.04. The molecule has 9 heteroatoms. The Kier molecular flexibility index (Phi) is 8.15. The molecule has 0 saturated carbocycles. The van der Waals surface area contributed by atoms with E-state index < -0.39 is 22.0 Å². The molecule has 3 rings (SSSR count). The highest BCUT2D eigenvalue weighted by molar-refractivity contribution is 7.89. The number of rotatable bonds is 9. The van der Waals surface area contributed by atoms with Gasteiger partial charge >= 0.3 is 0 Å². The third kappa shape index (κ3) is 6.23. The Morgan fingerprint density at radius 2 is 1.69 bits per heavy atom. The quantitative estimate of drug-likeness (QED) is 0.443. The van der Waals surface area contributed by atoms with Crippen molar-refractivity contribution in [2.75, 3.05) is 11.9 Å². The maximum Gasteiger partial charge on any atom is 0.243 e. The molecule has 0 heterocycles. The van der Waals surface area contributed by atoms with Crippen LogP contribution in [0.15, 0.2) is 77.7 Å². The average molecular weight is 493 g/mol. The van der Waals surface area contributed by atoms with Gasteiger partial charge < -0.3 is 10.1 Å². The summed E-state index contributed by atoms with van der Waals surface area (Å²) in [4.78, 5) is 13.0. The highest BCUT2D eigenvalue weighted by Crippen LogP contribution is 2.26. The van der Waals surface area contributed by atoms with Crippen molar-refractivity contribution >= 4 is 44.8 Å². The van der Waals surface area contributed by atoms with Crippen LogP contribution < -0.4 is 14.8 Å². The molecule has 0 aliphatic rings. The van der Waals surface area contributed by atoms with E-state index in [4.69, 9.17) is 27.9 Å². The first kappa shape index (κ1) is 24.1. The van der Waals surface area contributed by atoms with Crippen molar-refractivity contribution in [1.29, 1.82) is 0 Å². The minimum absolute atomic E-state index is 0.00228. The van der Waals surface area contributed by atoms with Crippen molar-refractivity contribution in [3.05, 3.63) is 88.4 Å². The van der Waals surface area contributed by atoms with Crippen LogP contribution in [0, 0.1) is 0 Å². The first-order valence-corrected chi connectivity index (χ1v) is 12.1. The van der Waals surface area contributed by atoms with E-state index in [-0.39, 0.29) is 21.4 Å². The Labute approximate surface area is 197 Å². The first-order chi connectivity index (χ1) is 15.3. The molecule has 0 spiro atoms. The van der Waals surface area contributed by atoms with E-state index in [0.717, 1.165) is 5.56 Å². The summed E-state index contributed by atoms with van der Waals surface area (Å²) in [6.45, 7) is 2.25. The lowest BCUT2D eigenvalue weighted by atomic mass is 10.1. The van der Waals surface area contributed by atoms with E-state index in [1.165, 1.54) is 18.2 Å². The van der Waals surface area contributed by atoms with Crippen LogP contribution in [0.25, 0.3) is 0 Å². The second-order valence-electron chi connectivity index (χ2n) is 6.86. The third-order valence-electron chi connectivity index (χ3n) is 4.52. The largest absolute Gasteiger partial charge is 0.492 e. The number of carbonyl (C=O) groups excluding carboxylic acids is 1. The van der Waals surface area contributed by atoms with Gasteiger partial charge in [0, 0.05) is 5.02 Å². The van der Waals surface area contributed by atoms with Crippen molar-refractivity contribution < 1.29 is 17.9 Å². The highest BCUT2D eigenvalue weighted by Gasteiger charge is 2.28. The molecule has 0 aliphatic heterocycles. The monoisotopic (exact) mass is 492 g/mol. The number of para-hydroxylation sites is 2. The van der Waals surface area contributed by atoms with Crippen molar-refractivity contribution in [2.24, 2.45) is 0 Å². The predicted molar refractivity (Wildman–Crippen MR) is 127 cm³/mol. The molecular formula is C23H22Cl2N2O4S. The maximum atomic E-state index is 13.2. The molecule has 2 N–H and O–H groups in total. The van der Waals surface area contributed by atoms with Gasteiger partial charge in [0.05, 0.1) is 17.3 Å². The molecule has 0 bridgehead atoms. The van der Waals surface area contributed by atoms with Gasteiger partial charge in [-0.05, 0) is 49.2 Å².